The molecule has 1 atom stereocenters. The second kappa shape index (κ2) is 4.33. The van der Waals surface area contributed by atoms with E-state index in [0.717, 1.165) is 16.3 Å². The van der Waals surface area contributed by atoms with Gasteiger partial charge in [0.15, 0.2) is 0 Å². The molecule has 2 aromatic rings. The molecule has 1 unspecified atom stereocenters. The zero-order valence-electron chi connectivity index (χ0n) is 9.34. The fourth-order valence-electron chi connectivity index (χ4n) is 1.83. The monoisotopic (exact) mass is 231 g/mol. The molecule has 0 radical (unpaired) electrons. The number of aromatic hydroxyl groups is 1. The number of carbonyl (C=O) groups is 1. The Hall–Kier alpha value is -2.23. The van der Waals surface area contributed by atoms with Crippen LogP contribution < -0.4 is 5.32 Å². The van der Waals surface area contributed by atoms with E-state index in [2.05, 4.69) is 5.32 Å². The van der Waals surface area contributed by atoms with E-state index < -0.39 is 6.09 Å². The second-order valence-corrected chi connectivity index (χ2v) is 3.93. The molecule has 0 aromatic heterocycles. The van der Waals surface area contributed by atoms with Crippen molar-refractivity contribution < 1.29 is 15.0 Å². The van der Waals surface area contributed by atoms with Crippen molar-refractivity contribution in [1.29, 1.82) is 0 Å². The Labute approximate surface area is 98.5 Å². The summed E-state index contributed by atoms with van der Waals surface area (Å²) in [4.78, 5) is 10.6. The number of fused-ring (bicyclic) bond motifs is 1. The van der Waals surface area contributed by atoms with E-state index in [1.807, 2.05) is 30.3 Å². The summed E-state index contributed by atoms with van der Waals surface area (Å²) in [6, 6.07) is 10.5. The Balaban J connectivity index is 2.46. The summed E-state index contributed by atoms with van der Waals surface area (Å²) in [5.41, 5.74) is 0.739. The van der Waals surface area contributed by atoms with Crippen LogP contribution in [0.15, 0.2) is 36.4 Å². The van der Waals surface area contributed by atoms with Gasteiger partial charge in [-0.25, -0.2) is 4.79 Å². The number of benzene rings is 2. The fraction of sp³-hybridized carbons (Fsp3) is 0.154. The van der Waals surface area contributed by atoms with E-state index in [0.29, 0.717) is 0 Å². The number of amides is 1. The van der Waals surface area contributed by atoms with Crippen molar-refractivity contribution in [3.8, 4) is 5.75 Å². The van der Waals surface area contributed by atoms with Crippen molar-refractivity contribution in [1.82, 2.24) is 5.32 Å². The Morgan fingerprint density at radius 1 is 1.29 bits per heavy atom. The minimum Gasteiger partial charge on any atom is -0.507 e. The predicted octanol–water partition coefficient (Wildman–Crippen LogP) is 2.87. The molecular formula is C13H13NO3. The minimum absolute atomic E-state index is 0.164. The number of carboxylic acid groups (broad SMARTS) is 1. The van der Waals surface area contributed by atoms with Crippen LogP contribution in [0.25, 0.3) is 10.8 Å². The van der Waals surface area contributed by atoms with Crippen LogP contribution in [0, 0.1) is 0 Å². The summed E-state index contributed by atoms with van der Waals surface area (Å²) in [5, 5.41) is 22.5. The molecule has 17 heavy (non-hydrogen) atoms. The van der Waals surface area contributed by atoms with E-state index in [1.165, 1.54) is 0 Å². The summed E-state index contributed by atoms with van der Waals surface area (Å²) in [6.07, 6.45) is -1.08. The molecule has 0 saturated carbocycles. The lowest BCUT2D eigenvalue weighted by Gasteiger charge is -2.13. The summed E-state index contributed by atoms with van der Waals surface area (Å²) in [7, 11) is 0. The van der Waals surface area contributed by atoms with Gasteiger partial charge in [-0.1, -0.05) is 24.3 Å². The topological polar surface area (TPSA) is 69.6 Å². The first-order chi connectivity index (χ1) is 8.08. The maximum absolute atomic E-state index is 10.6. The number of phenolic OH excluding ortho intramolecular Hbond substituents is 1. The standard InChI is InChI=1S/C13H13NO3/c1-8(14-13(16)17)10-6-9-4-2-3-5-11(9)12(15)7-10/h2-8,14-15H,1H3,(H,16,17). The van der Waals surface area contributed by atoms with Gasteiger partial charge in [-0.2, -0.15) is 0 Å². The smallest absolute Gasteiger partial charge is 0.405 e. The number of phenols is 1. The van der Waals surface area contributed by atoms with E-state index in [1.54, 1.807) is 13.0 Å². The molecule has 0 aliphatic heterocycles. The van der Waals surface area contributed by atoms with E-state index in [9.17, 15) is 9.90 Å². The molecule has 4 nitrogen and oxygen atoms in total. The van der Waals surface area contributed by atoms with Gasteiger partial charge in [0, 0.05) is 5.39 Å². The number of hydrogen-bond donors (Lipinski definition) is 3. The van der Waals surface area contributed by atoms with E-state index >= 15 is 0 Å². The zero-order chi connectivity index (χ0) is 12.4. The quantitative estimate of drug-likeness (QED) is 0.744. The molecule has 1 amide bonds. The van der Waals surface area contributed by atoms with E-state index in [-0.39, 0.29) is 11.8 Å². The number of rotatable bonds is 2. The molecule has 2 rings (SSSR count). The molecule has 0 saturated heterocycles. The lowest BCUT2D eigenvalue weighted by molar-refractivity contribution is 0.191. The van der Waals surface area contributed by atoms with E-state index in [4.69, 9.17) is 5.11 Å². The van der Waals surface area contributed by atoms with Crippen LogP contribution >= 0.6 is 0 Å². The average molecular weight is 231 g/mol. The van der Waals surface area contributed by atoms with Crippen molar-refractivity contribution in [2.45, 2.75) is 13.0 Å². The summed E-state index contributed by atoms with van der Waals surface area (Å²) in [6.45, 7) is 1.73. The lowest BCUT2D eigenvalue weighted by Crippen LogP contribution is -2.24. The van der Waals surface area contributed by atoms with Crippen molar-refractivity contribution >= 4 is 16.9 Å². The highest BCUT2D eigenvalue weighted by atomic mass is 16.4. The number of nitrogens with one attached hydrogen (secondary N) is 1. The molecule has 0 heterocycles. The molecule has 4 heteroatoms. The maximum atomic E-state index is 10.6. The summed E-state index contributed by atoms with van der Waals surface area (Å²) >= 11 is 0. The molecule has 88 valence electrons. The van der Waals surface area contributed by atoms with Gasteiger partial charge in [-0.05, 0) is 30.0 Å². The van der Waals surface area contributed by atoms with Crippen molar-refractivity contribution in [2.24, 2.45) is 0 Å². The van der Waals surface area contributed by atoms with Crippen molar-refractivity contribution in [3.63, 3.8) is 0 Å². The van der Waals surface area contributed by atoms with Crippen molar-refractivity contribution in [3.05, 3.63) is 42.0 Å². The minimum atomic E-state index is -1.08. The van der Waals surface area contributed by atoms with Gasteiger partial charge in [0.05, 0.1) is 6.04 Å². The Bertz CT molecular complexity index is 566. The van der Waals surface area contributed by atoms with Crippen LogP contribution in [-0.2, 0) is 0 Å². The summed E-state index contributed by atoms with van der Waals surface area (Å²) < 4.78 is 0. The molecule has 3 N–H and O–H groups in total. The molecular weight excluding hydrogens is 218 g/mol. The Morgan fingerprint density at radius 2 is 2.00 bits per heavy atom. The molecule has 0 fully saturated rings. The van der Waals surface area contributed by atoms with Crippen LogP contribution in [0.4, 0.5) is 4.79 Å². The van der Waals surface area contributed by atoms with Gasteiger partial charge < -0.3 is 15.5 Å². The third-order valence-corrected chi connectivity index (χ3v) is 2.70. The highest BCUT2D eigenvalue weighted by molar-refractivity contribution is 5.88. The fourth-order valence-corrected chi connectivity index (χ4v) is 1.83. The lowest BCUT2D eigenvalue weighted by atomic mass is 10.0. The van der Waals surface area contributed by atoms with Gasteiger partial charge in [-0.3, -0.25) is 0 Å². The van der Waals surface area contributed by atoms with Gasteiger partial charge >= 0.3 is 6.09 Å². The third kappa shape index (κ3) is 2.30. The van der Waals surface area contributed by atoms with Crippen LogP contribution in [0.1, 0.15) is 18.5 Å². The first-order valence-corrected chi connectivity index (χ1v) is 5.29. The molecule has 0 aliphatic rings. The third-order valence-electron chi connectivity index (χ3n) is 2.70. The normalized spacial score (nSPS) is 12.3. The molecule has 0 spiro atoms. The highest BCUT2D eigenvalue weighted by Crippen LogP contribution is 2.28. The first-order valence-electron chi connectivity index (χ1n) is 5.29. The predicted molar refractivity (Wildman–Crippen MR) is 65.2 cm³/mol. The Kier molecular flexibility index (Phi) is 2.87. The van der Waals surface area contributed by atoms with Crippen LogP contribution in [0.3, 0.4) is 0 Å². The van der Waals surface area contributed by atoms with Gasteiger partial charge in [0.25, 0.3) is 0 Å². The SMILES string of the molecule is CC(NC(=O)O)c1cc(O)c2ccccc2c1. The summed E-state index contributed by atoms with van der Waals surface area (Å²) in [5.74, 6) is 0.164. The molecule has 0 bridgehead atoms. The highest BCUT2D eigenvalue weighted by Gasteiger charge is 2.10. The van der Waals surface area contributed by atoms with Gasteiger partial charge in [0.2, 0.25) is 0 Å². The molecule has 2 aromatic carbocycles. The second-order valence-electron chi connectivity index (χ2n) is 3.93. The van der Waals surface area contributed by atoms with Gasteiger partial charge in [0.1, 0.15) is 5.75 Å². The van der Waals surface area contributed by atoms with Crippen LogP contribution in [0.5, 0.6) is 5.75 Å². The average Bonchev–Trinajstić information content (AvgIpc) is 2.28. The maximum Gasteiger partial charge on any atom is 0.405 e. The van der Waals surface area contributed by atoms with Gasteiger partial charge in [-0.15, -0.1) is 0 Å². The van der Waals surface area contributed by atoms with Crippen LogP contribution in [0.2, 0.25) is 0 Å². The first kappa shape index (κ1) is 11.3. The van der Waals surface area contributed by atoms with Crippen LogP contribution in [-0.4, -0.2) is 16.3 Å². The number of hydrogen-bond acceptors (Lipinski definition) is 2. The zero-order valence-corrected chi connectivity index (χ0v) is 9.34. The van der Waals surface area contributed by atoms with Crippen molar-refractivity contribution in [2.75, 3.05) is 0 Å². The Morgan fingerprint density at radius 3 is 2.71 bits per heavy atom. The molecule has 0 aliphatic carbocycles. The largest absolute Gasteiger partial charge is 0.507 e.